The molecule has 128 valence electrons. The van der Waals surface area contributed by atoms with Crippen molar-refractivity contribution in [2.75, 3.05) is 15.5 Å². The summed E-state index contributed by atoms with van der Waals surface area (Å²) in [5.74, 6) is -0.451. The lowest BCUT2D eigenvalue weighted by atomic mass is 10.2. The molecule has 1 aliphatic heterocycles. The lowest BCUT2D eigenvalue weighted by Gasteiger charge is -2.15. The molecule has 0 aromatic heterocycles. The molecule has 1 aliphatic rings. The molecular formula is C18H17N3O3S. The molecule has 3 amide bonds. The molecule has 0 spiro atoms. The normalized spacial score (nSPS) is 16.9. The van der Waals surface area contributed by atoms with E-state index in [1.165, 1.54) is 11.8 Å². The second kappa shape index (κ2) is 6.98. The van der Waals surface area contributed by atoms with E-state index in [-0.39, 0.29) is 17.1 Å². The summed E-state index contributed by atoms with van der Waals surface area (Å²) in [5, 5.41) is 4.74. The minimum absolute atomic E-state index is 0.151. The second-order valence-corrected chi connectivity index (χ2v) is 6.74. The highest BCUT2D eigenvalue weighted by Gasteiger charge is 2.40. The topological polar surface area (TPSA) is 78.5 Å². The molecule has 0 bridgehead atoms. The lowest BCUT2D eigenvalue weighted by molar-refractivity contribution is -0.116. The van der Waals surface area contributed by atoms with Crippen LogP contribution in [0.2, 0.25) is 0 Å². The fourth-order valence-electron chi connectivity index (χ4n) is 2.51. The van der Waals surface area contributed by atoms with Crippen LogP contribution in [-0.2, 0) is 9.59 Å². The maximum Gasteiger partial charge on any atom is 0.295 e. The number of rotatable bonds is 4. The zero-order valence-corrected chi connectivity index (χ0v) is 14.6. The van der Waals surface area contributed by atoms with Gasteiger partial charge >= 0.3 is 0 Å². The van der Waals surface area contributed by atoms with Crippen molar-refractivity contribution in [3.8, 4) is 0 Å². The van der Waals surface area contributed by atoms with E-state index in [0.717, 1.165) is 17.3 Å². The van der Waals surface area contributed by atoms with Crippen LogP contribution in [0.15, 0.2) is 48.5 Å². The Hall–Kier alpha value is -2.80. The number of imide groups is 1. The molecule has 2 aromatic carbocycles. The summed E-state index contributed by atoms with van der Waals surface area (Å²) in [6.45, 7) is 3.35. The van der Waals surface area contributed by atoms with Gasteiger partial charge in [-0.2, -0.15) is 0 Å². The summed E-state index contributed by atoms with van der Waals surface area (Å²) < 4.78 is 0. The minimum Gasteiger partial charge on any atom is -0.365 e. The first-order valence-corrected chi connectivity index (χ1v) is 8.57. The number of thioether (sulfide) groups is 1. The molecule has 2 N–H and O–H groups in total. The molecule has 0 aliphatic carbocycles. The van der Waals surface area contributed by atoms with Gasteiger partial charge < -0.3 is 10.6 Å². The molecule has 1 fully saturated rings. The summed E-state index contributed by atoms with van der Waals surface area (Å²) in [7, 11) is 0. The van der Waals surface area contributed by atoms with Crippen molar-refractivity contribution in [2.45, 2.75) is 19.2 Å². The predicted molar refractivity (Wildman–Crippen MR) is 99.8 cm³/mol. The average molecular weight is 355 g/mol. The van der Waals surface area contributed by atoms with Crippen molar-refractivity contribution in [3.05, 3.63) is 54.1 Å². The fourth-order valence-corrected chi connectivity index (χ4v) is 3.41. The van der Waals surface area contributed by atoms with Crippen molar-refractivity contribution in [2.24, 2.45) is 0 Å². The van der Waals surface area contributed by atoms with Crippen LogP contribution in [0.3, 0.4) is 0 Å². The van der Waals surface area contributed by atoms with E-state index in [1.807, 2.05) is 19.1 Å². The van der Waals surface area contributed by atoms with Gasteiger partial charge in [0, 0.05) is 18.3 Å². The van der Waals surface area contributed by atoms with Gasteiger partial charge in [0.2, 0.25) is 5.91 Å². The van der Waals surface area contributed by atoms with E-state index in [4.69, 9.17) is 0 Å². The van der Waals surface area contributed by atoms with Crippen LogP contribution in [0.25, 0.3) is 0 Å². The van der Waals surface area contributed by atoms with Crippen LogP contribution in [0.4, 0.5) is 21.9 Å². The van der Waals surface area contributed by atoms with Crippen LogP contribution in [0, 0.1) is 6.92 Å². The quantitative estimate of drug-likeness (QED) is 0.876. The van der Waals surface area contributed by atoms with E-state index in [0.29, 0.717) is 17.1 Å². The van der Waals surface area contributed by atoms with Gasteiger partial charge in [-0.25, -0.2) is 4.90 Å². The van der Waals surface area contributed by atoms with Gasteiger partial charge in [-0.3, -0.25) is 14.4 Å². The molecule has 0 radical (unpaired) electrons. The fraction of sp³-hybridized carbons (Fsp3) is 0.167. The summed E-state index contributed by atoms with van der Waals surface area (Å²) in [5.41, 5.74) is 2.92. The molecule has 3 rings (SSSR count). The molecule has 2 aromatic rings. The number of hydrogen-bond donors (Lipinski definition) is 2. The number of benzene rings is 2. The van der Waals surface area contributed by atoms with Crippen LogP contribution in [-0.4, -0.2) is 22.4 Å². The van der Waals surface area contributed by atoms with Gasteiger partial charge in [0.05, 0.1) is 5.69 Å². The summed E-state index contributed by atoms with van der Waals surface area (Å²) >= 11 is 0.949. The minimum atomic E-state index is -0.681. The molecule has 1 heterocycles. The monoisotopic (exact) mass is 355 g/mol. The number of aryl methyl sites for hydroxylation is 1. The van der Waals surface area contributed by atoms with Gasteiger partial charge in [-0.15, -0.1) is 0 Å². The third kappa shape index (κ3) is 3.83. The first-order chi connectivity index (χ1) is 11.9. The highest BCUT2D eigenvalue weighted by Crippen LogP contribution is 2.32. The maximum atomic E-state index is 12.6. The number of nitrogens with zero attached hydrogens (tertiary/aromatic N) is 1. The first-order valence-electron chi connectivity index (χ1n) is 7.69. The Labute approximate surface area is 149 Å². The number of nitrogens with one attached hydrogen (secondary N) is 2. The zero-order valence-electron chi connectivity index (χ0n) is 13.8. The Bertz CT molecular complexity index is 836. The average Bonchev–Trinajstić information content (AvgIpc) is 2.83. The van der Waals surface area contributed by atoms with Gasteiger partial charge in [0.15, 0.2) is 5.37 Å². The summed E-state index contributed by atoms with van der Waals surface area (Å²) in [4.78, 5) is 37.1. The van der Waals surface area contributed by atoms with Crippen LogP contribution >= 0.6 is 11.8 Å². The SMILES string of the molecule is CC(=O)Nc1ccc(NC2SC(=O)N(c3cccc(C)c3)C2=O)cc1. The largest absolute Gasteiger partial charge is 0.365 e. The van der Waals surface area contributed by atoms with Crippen LogP contribution in [0.1, 0.15) is 12.5 Å². The first kappa shape index (κ1) is 17.0. The smallest absolute Gasteiger partial charge is 0.295 e. The van der Waals surface area contributed by atoms with Gasteiger partial charge in [0.1, 0.15) is 0 Å². The number of amides is 3. The molecule has 7 heteroatoms. The molecule has 6 nitrogen and oxygen atoms in total. The third-order valence-corrected chi connectivity index (χ3v) is 4.55. The lowest BCUT2D eigenvalue weighted by Crippen LogP contribution is -2.34. The third-order valence-electron chi connectivity index (χ3n) is 3.61. The Morgan fingerprint density at radius 2 is 1.76 bits per heavy atom. The Balaban J connectivity index is 1.73. The summed E-state index contributed by atoms with van der Waals surface area (Å²) in [6.07, 6.45) is 0. The molecule has 0 saturated carbocycles. The maximum absolute atomic E-state index is 12.6. The van der Waals surface area contributed by atoms with Crippen LogP contribution in [0.5, 0.6) is 0 Å². The van der Waals surface area contributed by atoms with Crippen LogP contribution < -0.4 is 15.5 Å². The second-order valence-electron chi connectivity index (χ2n) is 5.68. The standard InChI is InChI=1S/C18H17N3O3S/c1-11-4-3-5-15(10-11)21-17(23)16(25-18(21)24)20-14-8-6-13(7-9-14)19-12(2)22/h3-10,16,20H,1-2H3,(H,19,22). The summed E-state index contributed by atoms with van der Waals surface area (Å²) in [6, 6.07) is 14.2. The van der Waals surface area contributed by atoms with E-state index in [9.17, 15) is 14.4 Å². The number of hydrogen-bond acceptors (Lipinski definition) is 5. The van der Waals surface area contributed by atoms with E-state index >= 15 is 0 Å². The Morgan fingerprint density at radius 3 is 2.40 bits per heavy atom. The van der Waals surface area contributed by atoms with Crippen molar-refractivity contribution in [1.82, 2.24) is 0 Å². The molecule has 25 heavy (non-hydrogen) atoms. The predicted octanol–water partition coefficient (Wildman–Crippen LogP) is 3.59. The van der Waals surface area contributed by atoms with Crippen molar-refractivity contribution in [3.63, 3.8) is 0 Å². The number of anilines is 3. The van der Waals surface area contributed by atoms with Crippen molar-refractivity contribution < 1.29 is 14.4 Å². The van der Waals surface area contributed by atoms with Crippen molar-refractivity contribution >= 4 is 45.9 Å². The van der Waals surface area contributed by atoms with Crippen molar-refractivity contribution in [1.29, 1.82) is 0 Å². The molecule has 1 unspecified atom stereocenters. The van der Waals surface area contributed by atoms with Gasteiger partial charge in [0.25, 0.3) is 11.1 Å². The van der Waals surface area contributed by atoms with Gasteiger partial charge in [-0.1, -0.05) is 12.1 Å². The Kier molecular flexibility index (Phi) is 4.76. The number of carbonyl (C=O) groups excluding carboxylic acids is 3. The van der Waals surface area contributed by atoms with Gasteiger partial charge in [-0.05, 0) is 60.6 Å². The highest BCUT2D eigenvalue weighted by molar-refractivity contribution is 8.16. The zero-order chi connectivity index (χ0) is 18.0. The van der Waals surface area contributed by atoms with E-state index < -0.39 is 5.37 Å². The Morgan fingerprint density at radius 1 is 1.08 bits per heavy atom. The molecule has 1 saturated heterocycles. The molecule has 1 atom stereocenters. The number of carbonyl (C=O) groups is 3. The molecular weight excluding hydrogens is 338 g/mol. The van der Waals surface area contributed by atoms with E-state index in [1.54, 1.807) is 36.4 Å². The highest BCUT2D eigenvalue weighted by atomic mass is 32.2. The van der Waals surface area contributed by atoms with E-state index in [2.05, 4.69) is 10.6 Å².